The van der Waals surface area contributed by atoms with E-state index in [0.29, 0.717) is 24.7 Å². The third-order valence-corrected chi connectivity index (χ3v) is 9.55. The fourth-order valence-electron chi connectivity index (χ4n) is 7.10. The van der Waals surface area contributed by atoms with Crippen molar-refractivity contribution in [3.8, 4) is 0 Å². The highest BCUT2D eigenvalue weighted by Crippen LogP contribution is 2.37. The second kappa shape index (κ2) is 12.2. The predicted octanol–water partition coefficient (Wildman–Crippen LogP) is 2.80. The van der Waals surface area contributed by atoms with Crippen LogP contribution in [0.15, 0.2) is 18.7 Å². The van der Waals surface area contributed by atoms with Crippen LogP contribution < -0.4 is 10.2 Å². The molecule has 1 aromatic rings. The predicted molar refractivity (Wildman–Crippen MR) is 166 cm³/mol. The van der Waals surface area contributed by atoms with E-state index in [4.69, 9.17) is 9.47 Å². The molecule has 1 saturated carbocycles. The fourth-order valence-corrected chi connectivity index (χ4v) is 7.10. The first-order chi connectivity index (χ1) is 21.4. The van der Waals surface area contributed by atoms with Crippen LogP contribution in [0.25, 0.3) is 6.08 Å². The topological polar surface area (TPSA) is 129 Å². The van der Waals surface area contributed by atoms with Gasteiger partial charge in [-0.05, 0) is 65.0 Å². The second-order valence-corrected chi connectivity index (χ2v) is 13.6. The summed E-state index contributed by atoms with van der Waals surface area (Å²) in [7, 11) is 0. The molecule has 6 rings (SSSR count). The number of anilines is 1. The van der Waals surface area contributed by atoms with Crippen LogP contribution in [0.4, 0.5) is 10.5 Å². The number of benzene rings is 1. The van der Waals surface area contributed by atoms with Crippen LogP contribution in [0.2, 0.25) is 0 Å². The average Bonchev–Trinajstić information content (AvgIpc) is 3.23. The lowest BCUT2D eigenvalue weighted by Gasteiger charge is -2.48. The summed E-state index contributed by atoms with van der Waals surface area (Å²) in [6.07, 6.45) is 5.62. The SMILES string of the molecule is C=Cc1c(N2CCN([C@H]3C[C@H](OC4CCN(C(=O)OC(C)(C)C)CC4)C3)CC2)ccc2c1C(=O)N(C1CCC(=O)NC1=O)C2=O. The first kappa shape index (κ1) is 31.2. The number of hydrogen-bond donors (Lipinski definition) is 1. The summed E-state index contributed by atoms with van der Waals surface area (Å²) in [5, 5.41) is 2.24. The number of ether oxygens (including phenoxy) is 2. The van der Waals surface area contributed by atoms with Crippen molar-refractivity contribution in [2.24, 2.45) is 0 Å². The molecule has 4 fully saturated rings. The molecule has 1 unspecified atom stereocenters. The summed E-state index contributed by atoms with van der Waals surface area (Å²) in [5.41, 5.74) is 1.49. The van der Waals surface area contributed by atoms with E-state index >= 15 is 0 Å². The molecule has 45 heavy (non-hydrogen) atoms. The molecular formula is C33H43N5O7. The summed E-state index contributed by atoms with van der Waals surface area (Å²) >= 11 is 0. The number of fused-ring (bicyclic) bond motifs is 1. The van der Waals surface area contributed by atoms with Crippen LogP contribution in [-0.2, 0) is 19.1 Å². The minimum Gasteiger partial charge on any atom is -0.444 e. The molecule has 1 aliphatic carbocycles. The molecule has 4 aliphatic heterocycles. The summed E-state index contributed by atoms with van der Waals surface area (Å²) in [6.45, 7) is 14.2. The Balaban J connectivity index is 1.000. The number of likely N-dealkylation sites (tertiary alicyclic amines) is 1. The van der Waals surface area contributed by atoms with Crippen LogP contribution >= 0.6 is 0 Å². The summed E-state index contributed by atoms with van der Waals surface area (Å²) in [6, 6.07) is 3.01. The van der Waals surface area contributed by atoms with Gasteiger partial charge < -0.3 is 19.3 Å². The van der Waals surface area contributed by atoms with Gasteiger partial charge >= 0.3 is 6.09 Å². The summed E-state index contributed by atoms with van der Waals surface area (Å²) < 4.78 is 11.9. The molecule has 0 spiro atoms. The van der Waals surface area contributed by atoms with Crippen molar-refractivity contribution < 1.29 is 33.4 Å². The Bertz CT molecular complexity index is 1400. The first-order valence-corrected chi connectivity index (χ1v) is 16.1. The second-order valence-electron chi connectivity index (χ2n) is 13.6. The highest BCUT2D eigenvalue weighted by Gasteiger charge is 2.46. The standard InChI is InChI=1S/C33H43N5O7/c1-5-23-25(7-6-24-28(23)31(42)38(30(24)41)26-8-9-27(39)34-29(26)40)36-16-14-35(15-17-36)20-18-22(19-20)44-21-10-12-37(13-11-21)32(43)45-33(2,3)4/h5-7,20-22,26H,1,8-19H2,2-4H3,(H,34,39,40)/t20-,22-,26?. The van der Waals surface area contributed by atoms with Crippen LogP contribution in [-0.4, -0.2) is 114 Å². The Labute approximate surface area is 263 Å². The smallest absolute Gasteiger partial charge is 0.410 e. The summed E-state index contributed by atoms with van der Waals surface area (Å²) in [4.78, 5) is 70.7. The van der Waals surface area contributed by atoms with Gasteiger partial charge in [0.05, 0.1) is 23.3 Å². The monoisotopic (exact) mass is 621 g/mol. The molecule has 5 aliphatic rings. The lowest BCUT2D eigenvalue weighted by atomic mass is 9.87. The van der Waals surface area contributed by atoms with E-state index in [2.05, 4.69) is 21.7 Å². The van der Waals surface area contributed by atoms with E-state index < -0.39 is 35.3 Å². The van der Waals surface area contributed by atoms with Gasteiger partial charge in [0.2, 0.25) is 11.8 Å². The molecule has 0 aromatic heterocycles. The van der Waals surface area contributed by atoms with Crippen molar-refractivity contribution in [1.82, 2.24) is 20.0 Å². The molecule has 242 valence electrons. The molecule has 3 saturated heterocycles. The fraction of sp³-hybridized carbons (Fsp3) is 0.606. The highest BCUT2D eigenvalue weighted by atomic mass is 16.6. The average molecular weight is 622 g/mol. The molecule has 5 amide bonds. The Morgan fingerprint density at radius 2 is 1.62 bits per heavy atom. The lowest BCUT2D eigenvalue weighted by molar-refractivity contribution is -0.136. The molecule has 12 heteroatoms. The zero-order valence-electron chi connectivity index (χ0n) is 26.4. The Hall–Kier alpha value is -3.77. The van der Waals surface area contributed by atoms with Gasteiger partial charge in [-0.15, -0.1) is 0 Å². The van der Waals surface area contributed by atoms with E-state index in [0.717, 1.165) is 62.4 Å². The van der Waals surface area contributed by atoms with E-state index in [1.807, 2.05) is 26.8 Å². The number of hydrogen-bond acceptors (Lipinski definition) is 9. The number of carbonyl (C=O) groups is 5. The molecule has 0 radical (unpaired) electrons. The number of nitrogens with one attached hydrogen (secondary N) is 1. The third kappa shape index (κ3) is 6.22. The number of nitrogens with zero attached hydrogens (tertiary/aromatic N) is 4. The van der Waals surface area contributed by atoms with Crippen molar-refractivity contribution in [3.63, 3.8) is 0 Å². The lowest BCUT2D eigenvalue weighted by Crippen LogP contribution is -2.56. The maximum atomic E-state index is 13.5. The Morgan fingerprint density at radius 3 is 2.24 bits per heavy atom. The quantitative estimate of drug-likeness (QED) is 0.477. The van der Waals surface area contributed by atoms with Crippen LogP contribution in [0.3, 0.4) is 0 Å². The van der Waals surface area contributed by atoms with Crippen LogP contribution in [0, 0.1) is 0 Å². The minimum atomic E-state index is -1.000. The molecule has 1 aromatic carbocycles. The van der Waals surface area contributed by atoms with E-state index in [9.17, 15) is 24.0 Å². The molecule has 4 heterocycles. The first-order valence-electron chi connectivity index (χ1n) is 16.1. The highest BCUT2D eigenvalue weighted by molar-refractivity contribution is 6.25. The van der Waals surface area contributed by atoms with Gasteiger partial charge in [-0.1, -0.05) is 12.7 Å². The zero-order chi connectivity index (χ0) is 32.0. The minimum absolute atomic E-state index is 0.0801. The van der Waals surface area contributed by atoms with Crippen molar-refractivity contribution in [2.45, 2.75) is 89.2 Å². The van der Waals surface area contributed by atoms with E-state index in [-0.39, 0.29) is 42.3 Å². The van der Waals surface area contributed by atoms with E-state index in [1.54, 1.807) is 17.0 Å². The van der Waals surface area contributed by atoms with Gasteiger partial charge in [0.25, 0.3) is 11.8 Å². The van der Waals surface area contributed by atoms with Gasteiger partial charge in [-0.3, -0.25) is 34.3 Å². The third-order valence-electron chi connectivity index (χ3n) is 9.55. The Kier molecular flexibility index (Phi) is 8.47. The number of imide groups is 2. The normalized spacial score (nSPS) is 26.5. The number of piperidine rings is 2. The van der Waals surface area contributed by atoms with E-state index in [1.165, 1.54) is 0 Å². The van der Waals surface area contributed by atoms with Gasteiger partial charge in [0.1, 0.15) is 11.6 Å². The molecular weight excluding hydrogens is 578 g/mol. The maximum Gasteiger partial charge on any atom is 0.410 e. The number of amides is 5. The van der Waals surface area contributed by atoms with Crippen LogP contribution in [0.5, 0.6) is 0 Å². The van der Waals surface area contributed by atoms with Gasteiger partial charge in [-0.2, -0.15) is 0 Å². The van der Waals surface area contributed by atoms with Crippen molar-refractivity contribution in [3.05, 3.63) is 35.4 Å². The van der Waals surface area contributed by atoms with Gasteiger partial charge in [0.15, 0.2) is 0 Å². The molecule has 0 bridgehead atoms. The van der Waals surface area contributed by atoms with Crippen molar-refractivity contribution >= 4 is 41.5 Å². The van der Waals surface area contributed by atoms with Gasteiger partial charge in [0, 0.05) is 63.0 Å². The molecule has 1 atom stereocenters. The van der Waals surface area contributed by atoms with Crippen LogP contribution in [0.1, 0.15) is 85.6 Å². The largest absolute Gasteiger partial charge is 0.444 e. The Morgan fingerprint density at radius 1 is 0.933 bits per heavy atom. The zero-order valence-corrected chi connectivity index (χ0v) is 26.4. The number of piperazine rings is 1. The van der Waals surface area contributed by atoms with Crippen molar-refractivity contribution in [1.29, 1.82) is 0 Å². The van der Waals surface area contributed by atoms with Gasteiger partial charge in [-0.25, -0.2) is 4.79 Å². The molecule has 12 nitrogen and oxygen atoms in total. The number of rotatable bonds is 6. The summed E-state index contributed by atoms with van der Waals surface area (Å²) in [5.74, 6) is -2.05. The number of carbonyl (C=O) groups excluding carboxylic acids is 5. The molecule has 1 N–H and O–H groups in total. The maximum absolute atomic E-state index is 13.5. The van der Waals surface area contributed by atoms with Crippen molar-refractivity contribution in [2.75, 3.05) is 44.2 Å².